The van der Waals surface area contributed by atoms with Crippen LogP contribution in [0.1, 0.15) is 59.8 Å². The zero-order valence-corrected chi connectivity index (χ0v) is 20.8. The van der Waals surface area contributed by atoms with Crippen LogP contribution in [0.2, 0.25) is 5.02 Å². The summed E-state index contributed by atoms with van der Waals surface area (Å²) in [6, 6.07) is 6.97. The first-order valence-corrected chi connectivity index (χ1v) is 12.7. The summed E-state index contributed by atoms with van der Waals surface area (Å²) in [5, 5.41) is 5.32. The molecule has 2 saturated heterocycles. The van der Waals surface area contributed by atoms with Crippen molar-refractivity contribution in [3.8, 4) is 0 Å². The second-order valence-electron chi connectivity index (χ2n) is 8.56. The van der Waals surface area contributed by atoms with Crippen molar-refractivity contribution in [1.29, 1.82) is 0 Å². The minimum absolute atomic E-state index is 0.0938. The van der Waals surface area contributed by atoms with Gasteiger partial charge in [-0.25, -0.2) is 9.50 Å². The Kier molecular flexibility index (Phi) is 7.34. The standard InChI is InChI=1S/C23H27ClN6O.CH4S/c1-15-14-30-21(26-22(15)28-9-4-5-10-28)13-19(27-30)20-6-2-3-11-29(20)23(31)17-12-16(24)7-8-18(17)25;1-2/h7-8,12-14,20H,2-6,9-11,25H2,1H3;2H,1H3. The number of hydrogen-bond acceptors (Lipinski definition) is 6. The van der Waals surface area contributed by atoms with Crippen molar-refractivity contribution < 1.29 is 4.79 Å². The van der Waals surface area contributed by atoms with E-state index in [0.29, 0.717) is 22.8 Å². The number of rotatable bonds is 3. The quantitative estimate of drug-likeness (QED) is 0.411. The maximum absolute atomic E-state index is 13.4. The zero-order valence-electron chi connectivity index (χ0n) is 19.2. The lowest BCUT2D eigenvalue weighted by atomic mass is 9.98. The van der Waals surface area contributed by atoms with Crippen LogP contribution in [0, 0.1) is 6.92 Å². The number of carbonyl (C=O) groups is 1. The molecule has 2 aliphatic heterocycles. The molecule has 0 radical (unpaired) electrons. The molecular weight excluding hydrogens is 456 g/mol. The van der Waals surface area contributed by atoms with Gasteiger partial charge in [-0.05, 0) is 63.5 Å². The van der Waals surface area contributed by atoms with Gasteiger partial charge < -0.3 is 15.5 Å². The molecular formula is C24H31ClN6OS. The summed E-state index contributed by atoms with van der Waals surface area (Å²) < 4.78 is 1.84. The van der Waals surface area contributed by atoms with E-state index < -0.39 is 0 Å². The molecule has 2 N–H and O–H groups in total. The second kappa shape index (κ2) is 10.2. The number of nitrogens with two attached hydrogens (primary N) is 1. The first-order chi connectivity index (χ1) is 16.0. The van der Waals surface area contributed by atoms with Gasteiger partial charge in [-0.1, -0.05) is 11.6 Å². The summed E-state index contributed by atoms with van der Waals surface area (Å²) in [6.07, 6.45) is 9.05. The number of aryl methyl sites for hydroxylation is 1. The van der Waals surface area contributed by atoms with E-state index in [9.17, 15) is 4.79 Å². The van der Waals surface area contributed by atoms with Crippen molar-refractivity contribution >= 4 is 47.3 Å². The Morgan fingerprint density at radius 1 is 1.12 bits per heavy atom. The molecule has 0 aliphatic carbocycles. The number of aromatic nitrogens is 3. The van der Waals surface area contributed by atoms with Gasteiger partial charge in [0.05, 0.1) is 17.3 Å². The van der Waals surface area contributed by atoms with Crippen molar-refractivity contribution in [3.63, 3.8) is 0 Å². The Labute approximate surface area is 205 Å². The van der Waals surface area contributed by atoms with Crippen LogP contribution in [-0.2, 0) is 0 Å². The summed E-state index contributed by atoms with van der Waals surface area (Å²) in [5.74, 6) is 0.948. The number of hydrogen-bond donors (Lipinski definition) is 2. The van der Waals surface area contributed by atoms with Gasteiger partial charge in [-0.3, -0.25) is 4.79 Å². The average molecular weight is 487 g/mol. The van der Waals surface area contributed by atoms with Crippen molar-refractivity contribution in [2.24, 2.45) is 0 Å². The van der Waals surface area contributed by atoms with Crippen LogP contribution >= 0.6 is 24.2 Å². The lowest BCUT2D eigenvalue weighted by molar-refractivity contribution is 0.0607. The number of halogens is 1. The van der Waals surface area contributed by atoms with Crippen LogP contribution in [0.15, 0.2) is 30.5 Å². The van der Waals surface area contributed by atoms with E-state index >= 15 is 0 Å². The lowest BCUT2D eigenvalue weighted by Crippen LogP contribution is -2.39. The normalized spacial score (nSPS) is 18.4. The molecule has 1 amide bonds. The number of anilines is 2. The number of amides is 1. The van der Waals surface area contributed by atoms with Crippen molar-refractivity contribution in [1.82, 2.24) is 19.5 Å². The first kappa shape index (κ1) is 23.7. The smallest absolute Gasteiger partial charge is 0.256 e. The first-order valence-electron chi connectivity index (χ1n) is 11.4. The topological polar surface area (TPSA) is 79.8 Å². The number of benzene rings is 1. The predicted molar refractivity (Wildman–Crippen MR) is 138 cm³/mol. The molecule has 1 atom stereocenters. The minimum Gasteiger partial charge on any atom is -0.398 e. The maximum Gasteiger partial charge on any atom is 0.256 e. The summed E-state index contributed by atoms with van der Waals surface area (Å²) >= 11 is 9.66. The number of carbonyl (C=O) groups excluding carboxylic acids is 1. The van der Waals surface area contributed by atoms with E-state index in [1.807, 2.05) is 21.7 Å². The van der Waals surface area contributed by atoms with Gasteiger partial charge >= 0.3 is 0 Å². The molecule has 2 fully saturated rings. The van der Waals surface area contributed by atoms with Gasteiger partial charge in [0.1, 0.15) is 5.82 Å². The molecule has 2 aromatic heterocycles. The minimum atomic E-state index is -0.100. The van der Waals surface area contributed by atoms with Gasteiger partial charge in [0, 0.05) is 48.2 Å². The van der Waals surface area contributed by atoms with E-state index in [4.69, 9.17) is 27.4 Å². The highest BCUT2D eigenvalue weighted by Gasteiger charge is 2.32. The van der Waals surface area contributed by atoms with E-state index in [0.717, 1.165) is 55.1 Å². The Morgan fingerprint density at radius 3 is 2.61 bits per heavy atom. The molecule has 4 heterocycles. The van der Waals surface area contributed by atoms with Gasteiger partial charge in [0.2, 0.25) is 0 Å². The Hall–Kier alpha value is -2.45. The summed E-state index contributed by atoms with van der Waals surface area (Å²) in [5.41, 5.74) is 9.81. The average Bonchev–Trinajstić information content (AvgIpc) is 3.51. The van der Waals surface area contributed by atoms with Crippen LogP contribution in [0.4, 0.5) is 11.5 Å². The molecule has 33 heavy (non-hydrogen) atoms. The second-order valence-corrected chi connectivity index (χ2v) is 8.99. The summed E-state index contributed by atoms with van der Waals surface area (Å²) in [4.78, 5) is 22.5. The van der Waals surface area contributed by atoms with E-state index in [1.54, 1.807) is 24.5 Å². The molecule has 2 aliphatic rings. The molecule has 0 spiro atoms. The van der Waals surface area contributed by atoms with Crippen molar-refractivity contribution in [3.05, 3.63) is 52.3 Å². The number of thiol groups is 1. The SMILES string of the molecule is CS.Cc1cn2nc(C3CCCCN3C(=O)c3cc(Cl)ccc3N)cc2nc1N1CCCC1. The third-order valence-electron chi connectivity index (χ3n) is 6.38. The highest BCUT2D eigenvalue weighted by Crippen LogP contribution is 2.34. The fourth-order valence-electron chi connectivity index (χ4n) is 4.78. The van der Waals surface area contributed by atoms with Gasteiger partial charge in [0.15, 0.2) is 5.65 Å². The van der Waals surface area contributed by atoms with Crippen LogP contribution in [0.3, 0.4) is 0 Å². The molecule has 1 aromatic carbocycles. The summed E-state index contributed by atoms with van der Waals surface area (Å²) in [7, 11) is 0. The Balaban J connectivity index is 0.00000126. The largest absolute Gasteiger partial charge is 0.398 e. The molecule has 1 unspecified atom stereocenters. The Bertz CT molecular complexity index is 1140. The summed E-state index contributed by atoms with van der Waals surface area (Å²) in [6.45, 7) is 4.86. The fourth-order valence-corrected chi connectivity index (χ4v) is 4.95. The molecule has 7 nitrogen and oxygen atoms in total. The fraction of sp³-hybridized carbons (Fsp3) is 0.458. The highest BCUT2D eigenvalue weighted by molar-refractivity contribution is 7.79. The van der Waals surface area contributed by atoms with Crippen LogP contribution in [-0.4, -0.2) is 51.3 Å². The molecule has 3 aromatic rings. The van der Waals surface area contributed by atoms with E-state index in [1.165, 1.54) is 12.8 Å². The van der Waals surface area contributed by atoms with E-state index in [-0.39, 0.29) is 11.9 Å². The number of nitrogens with zero attached hydrogens (tertiary/aromatic N) is 5. The third kappa shape index (κ3) is 4.77. The van der Waals surface area contributed by atoms with Gasteiger partial charge in [0.25, 0.3) is 5.91 Å². The molecule has 0 bridgehead atoms. The van der Waals surface area contributed by atoms with Crippen LogP contribution < -0.4 is 10.6 Å². The highest BCUT2D eigenvalue weighted by atomic mass is 35.5. The van der Waals surface area contributed by atoms with Crippen LogP contribution in [0.5, 0.6) is 0 Å². The van der Waals surface area contributed by atoms with Crippen molar-refractivity contribution in [2.75, 3.05) is 36.5 Å². The van der Waals surface area contributed by atoms with E-state index in [2.05, 4.69) is 24.5 Å². The number of fused-ring (bicyclic) bond motifs is 1. The third-order valence-corrected chi connectivity index (χ3v) is 6.62. The van der Waals surface area contributed by atoms with Gasteiger partial charge in [-0.15, -0.1) is 0 Å². The molecule has 5 rings (SSSR count). The molecule has 176 valence electrons. The molecule has 9 heteroatoms. The predicted octanol–water partition coefficient (Wildman–Crippen LogP) is 4.79. The number of piperidine rings is 1. The number of nitrogen functional groups attached to an aromatic ring is 1. The van der Waals surface area contributed by atoms with Gasteiger partial charge in [-0.2, -0.15) is 17.7 Å². The van der Waals surface area contributed by atoms with Crippen molar-refractivity contribution in [2.45, 2.75) is 45.1 Å². The monoisotopic (exact) mass is 486 g/mol. The number of likely N-dealkylation sites (tertiary alicyclic amines) is 1. The maximum atomic E-state index is 13.4. The molecule has 0 saturated carbocycles. The lowest BCUT2D eigenvalue weighted by Gasteiger charge is -2.35. The van der Waals surface area contributed by atoms with Crippen LogP contribution in [0.25, 0.3) is 5.65 Å². The zero-order chi connectivity index (χ0) is 23.5. The Morgan fingerprint density at radius 2 is 1.85 bits per heavy atom.